The van der Waals surface area contributed by atoms with Gasteiger partial charge in [0.25, 0.3) is 5.91 Å². The predicted octanol–water partition coefficient (Wildman–Crippen LogP) is 2.02. The summed E-state index contributed by atoms with van der Waals surface area (Å²) in [4.78, 5) is 12.7. The van der Waals surface area contributed by atoms with E-state index in [4.69, 9.17) is 18.9 Å². The van der Waals surface area contributed by atoms with Gasteiger partial charge in [0, 0.05) is 5.56 Å². The zero-order chi connectivity index (χ0) is 21.5. The first-order chi connectivity index (χ1) is 14.6. The van der Waals surface area contributed by atoms with Crippen molar-refractivity contribution in [1.29, 1.82) is 0 Å². The molecule has 158 valence electrons. The third-order valence-electron chi connectivity index (χ3n) is 4.26. The number of hydrogen-bond donors (Lipinski definition) is 1. The molecule has 30 heavy (non-hydrogen) atoms. The average Bonchev–Trinajstić information content (AvgIpc) is 3.25. The van der Waals surface area contributed by atoms with Crippen LogP contribution in [0.15, 0.2) is 36.4 Å². The summed E-state index contributed by atoms with van der Waals surface area (Å²) >= 11 is 0. The van der Waals surface area contributed by atoms with E-state index >= 15 is 0 Å². The minimum absolute atomic E-state index is 0.121. The Morgan fingerprint density at radius 2 is 1.70 bits per heavy atom. The SMILES string of the molecule is CCOc1ccc(-n2nnnc2CNC(=O)c2cc(OC)c(OC)c(OC)c2)cc1. The van der Waals surface area contributed by atoms with Gasteiger partial charge in [0.2, 0.25) is 5.75 Å². The second kappa shape index (κ2) is 9.59. The van der Waals surface area contributed by atoms with E-state index in [-0.39, 0.29) is 12.5 Å². The molecule has 0 bridgehead atoms. The van der Waals surface area contributed by atoms with Gasteiger partial charge in [0.1, 0.15) is 5.75 Å². The van der Waals surface area contributed by atoms with Crippen LogP contribution in [0.1, 0.15) is 23.1 Å². The number of carbonyl (C=O) groups is 1. The Morgan fingerprint density at radius 3 is 2.27 bits per heavy atom. The molecule has 1 amide bonds. The maximum atomic E-state index is 12.7. The molecule has 0 fully saturated rings. The summed E-state index contributed by atoms with van der Waals surface area (Å²) in [5, 5.41) is 14.5. The number of amides is 1. The number of methoxy groups -OCH3 is 3. The van der Waals surface area contributed by atoms with Gasteiger partial charge in [-0.3, -0.25) is 4.79 Å². The summed E-state index contributed by atoms with van der Waals surface area (Å²) < 4.78 is 22.9. The molecule has 3 aromatic rings. The Kier molecular flexibility index (Phi) is 6.68. The van der Waals surface area contributed by atoms with Gasteiger partial charge in [-0.1, -0.05) is 0 Å². The van der Waals surface area contributed by atoms with E-state index < -0.39 is 0 Å². The predicted molar refractivity (Wildman–Crippen MR) is 108 cm³/mol. The molecule has 0 aliphatic rings. The lowest BCUT2D eigenvalue weighted by molar-refractivity contribution is 0.0948. The Bertz CT molecular complexity index is 978. The number of nitrogens with zero attached hydrogens (tertiary/aromatic N) is 4. The molecule has 3 rings (SSSR count). The Morgan fingerprint density at radius 1 is 1.03 bits per heavy atom. The first-order valence-corrected chi connectivity index (χ1v) is 9.20. The van der Waals surface area contributed by atoms with Crippen LogP contribution in [0.4, 0.5) is 0 Å². The molecule has 2 aromatic carbocycles. The zero-order valence-electron chi connectivity index (χ0n) is 17.2. The van der Waals surface area contributed by atoms with Crippen molar-refractivity contribution in [2.24, 2.45) is 0 Å². The van der Waals surface area contributed by atoms with Gasteiger partial charge in [0.15, 0.2) is 17.3 Å². The maximum absolute atomic E-state index is 12.7. The lowest BCUT2D eigenvalue weighted by Gasteiger charge is -2.14. The fourth-order valence-electron chi connectivity index (χ4n) is 2.84. The van der Waals surface area contributed by atoms with E-state index in [1.54, 1.807) is 16.8 Å². The molecule has 0 saturated heterocycles. The minimum Gasteiger partial charge on any atom is -0.494 e. The van der Waals surface area contributed by atoms with Crippen LogP contribution in [0.2, 0.25) is 0 Å². The van der Waals surface area contributed by atoms with Crippen LogP contribution in [0.5, 0.6) is 23.0 Å². The summed E-state index contributed by atoms with van der Waals surface area (Å²) in [6, 6.07) is 10.5. The first kappa shape index (κ1) is 20.9. The molecule has 0 radical (unpaired) electrons. The summed E-state index contributed by atoms with van der Waals surface area (Å²) in [6.45, 7) is 2.63. The second-order valence-electron chi connectivity index (χ2n) is 6.03. The number of nitrogens with one attached hydrogen (secondary N) is 1. The molecular formula is C20H23N5O5. The van der Waals surface area contributed by atoms with E-state index in [1.165, 1.54) is 21.3 Å². The first-order valence-electron chi connectivity index (χ1n) is 9.20. The second-order valence-corrected chi connectivity index (χ2v) is 6.03. The molecule has 1 heterocycles. The number of hydrogen-bond acceptors (Lipinski definition) is 8. The van der Waals surface area contributed by atoms with Gasteiger partial charge < -0.3 is 24.3 Å². The van der Waals surface area contributed by atoms with Crippen molar-refractivity contribution in [2.75, 3.05) is 27.9 Å². The van der Waals surface area contributed by atoms with Crippen molar-refractivity contribution < 1.29 is 23.7 Å². The van der Waals surface area contributed by atoms with Crippen LogP contribution in [0.25, 0.3) is 5.69 Å². The summed E-state index contributed by atoms with van der Waals surface area (Å²) in [6.07, 6.45) is 0. The molecule has 10 nitrogen and oxygen atoms in total. The van der Waals surface area contributed by atoms with E-state index in [0.717, 1.165) is 11.4 Å². The molecule has 1 aromatic heterocycles. The number of aromatic nitrogens is 4. The minimum atomic E-state index is -0.338. The van der Waals surface area contributed by atoms with Crippen molar-refractivity contribution >= 4 is 5.91 Å². The number of ether oxygens (including phenoxy) is 4. The van der Waals surface area contributed by atoms with Crippen molar-refractivity contribution in [2.45, 2.75) is 13.5 Å². The third kappa shape index (κ3) is 4.43. The molecule has 0 aliphatic heterocycles. The van der Waals surface area contributed by atoms with E-state index in [0.29, 0.717) is 35.2 Å². The molecule has 0 atom stereocenters. The molecule has 1 N–H and O–H groups in total. The zero-order valence-corrected chi connectivity index (χ0v) is 17.2. The van der Waals surface area contributed by atoms with Crippen molar-refractivity contribution in [3.63, 3.8) is 0 Å². The molecule has 0 saturated carbocycles. The van der Waals surface area contributed by atoms with Gasteiger partial charge in [-0.05, 0) is 53.7 Å². The summed E-state index contributed by atoms with van der Waals surface area (Å²) in [5.41, 5.74) is 1.10. The topological polar surface area (TPSA) is 110 Å². The van der Waals surface area contributed by atoms with Crippen LogP contribution < -0.4 is 24.3 Å². The molecule has 0 spiro atoms. The Labute approximate surface area is 173 Å². The van der Waals surface area contributed by atoms with E-state index in [1.807, 2.05) is 31.2 Å². The van der Waals surface area contributed by atoms with Crippen LogP contribution in [-0.4, -0.2) is 54.1 Å². The van der Waals surface area contributed by atoms with Gasteiger partial charge >= 0.3 is 0 Å². The number of carbonyl (C=O) groups excluding carboxylic acids is 1. The maximum Gasteiger partial charge on any atom is 0.251 e. The normalized spacial score (nSPS) is 10.4. The standard InChI is InChI=1S/C20H23N5O5/c1-5-30-15-8-6-14(7-9-15)25-18(22-23-24-25)12-21-20(26)13-10-16(27-2)19(29-4)17(11-13)28-3/h6-11H,5,12H2,1-4H3,(H,21,26). The highest BCUT2D eigenvalue weighted by Crippen LogP contribution is 2.38. The van der Waals surface area contributed by atoms with Crippen LogP contribution >= 0.6 is 0 Å². The van der Waals surface area contributed by atoms with Crippen molar-refractivity contribution in [1.82, 2.24) is 25.5 Å². The van der Waals surface area contributed by atoms with Gasteiger partial charge in [0.05, 0.1) is 40.2 Å². The molecular weight excluding hydrogens is 390 g/mol. The van der Waals surface area contributed by atoms with E-state index in [9.17, 15) is 4.79 Å². The summed E-state index contributed by atoms with van der Waals surface area (Å²) in [7, 11) is 4.48. The van der Waals surface area contributed by atoms with Gasteiger partial charge in [-0.25, -0.2) is 0 Å². The molecule has 0 unspecified atom stereocenters. The Hall–Kier alpha value is -3.82. The number of tetrazole rings is 1. The smallest absolute Gasteiger partial charge is 0.251 e. The fraction of sp³-hybridized carbons (Fsp3) is 0.300. The highest BCUT2D eigenvalue weighted by atomic mass is 16.5. The largest absolute Gasteiger partial charge is 0.494 e. The lowest BCUT2D eigenvalue weighted by atomic mass is 10.1. The van der Waals surface area contributed by atoms with Gasteiger partial charge in [-0.15, -0.1) is 5.10 Å². The van der Waals surface area contributed by atoms with Crippen LogP contribution in [0, 0.1) is 0 Å². The molecule has 10 heteroatoms. The fourth-order valence-corrected chi connectivity index (χ4v) is 2.84. The highest BCUT2D eigenvalue weighted by molar-refractivity contribution is 5.95. The van der Waals surface area contributed by atoms with Crippen molar-refractivity contribution in [3.05, 3.63) is 47.8 Å². The van der Waals surface area contributed by atoms with E-state index in [2.05, 4.69) is 20.8 Å². The lowest BCUT2D eigenvalue weighted by Crippen LogP contribution is -2.25. The van der Waals surface area contributed by atoms with Crippen molar-refractivity contribution in [3.8, 4) is 28.7 Å². The quantitative estimate of drug-likeness (QED) is 0.567. The monoisotopic (exact) mass is 413 g/mol. The van der Waals surface area contributed by atoms with Gasteiger partial charge in [-0.2, -0.15) is 4.68 Å². The highest BCUT2D eigenvalue weighted by Gasteiger charge is 2.18. The summed E-state index contributed by atoms with van der Waals surface area (Å²) in [5.74, 6) is 2.08. The number of rotatable bonds is 9. The van der Waals surface area contributed by atoms with Crippen LogP contribution in [-0.2, 0) is 6.54 Å². The average molecular weight is 413 g/mol. The Balaban J connectivity index is 1.75. The third-order valence-corrected chi connectivity index (χ3v) is 4.26. The van der Waals surface area contributed by atoms with Crippen LogP contribution in [0.3, 0.4) is 0 Å². The molecule has 0 aliphatic carbocycles. The number of benzene rings is 2.